The maximum Gasteiger partial charge on any atom is 0.132 e. The summed E-state index contributed by atoms with van der Waals surface area (Å²) < 4.78 is 3.06. The number of fused-ring (bicyclic) bond motifs is 1. The van der Waals surface area contributed by atoms with E-state index in [1.165, 1.54) is 36.0 Å². The van der Waals surface area contributed by atoms with E-state index in [9.17, 15) is 0 Å². The smallest absolute Gasteiger partial charge is 0.132 e. The number of rotatable bonds is 3. The lowest BCUT2D eigenvalue weighted by atomic mass is 10.0. The van der Waals surface area contributed by atoms with Gasteiger partial charge in [-0.25, -0.2) is 4.98 Å². The minimum absolute atomic E-state index is 0.626. The molecule has 0 radical (unpaired) electrons. The van der Waals surface area contributed by atoms with E-state index in [0.29, 0.717) is 6.54 Å². The molecule has 0 amide bonds. The minimum atomic E-state index is 0.626. The summed E-state index contributed by atoms with van der Waals surface area (Å²) in [6.07, 6.45) is 4.51. The molecule has 1 aliphatic carbocycles. The third kappa shape index (κ3) is 2.23. The lowest BCUT2D eigenvalue weighted by molar-refractivity contribution is 0.782. The first kappa shape index (κ1) is 12.9. The Morgan fingerprint density at radius 2 is 2.11 bits per heavy atom. The fourth-order valence-electron chi connectivity index (χ4n) is 2.89. The summed E-state index contributed by atoms with van der Waals surface area (Å²) in [5.41, 5.74) is 11.0. The molecule has 0 saturated carbocycles. The number of aryl methyl sites for hydroxylation is 2. The number of nitrogens with zero attached hydrogens (tertiary/aromatic N) is 2. The van der Waals surface area contributed by atoms with Gasteiger partial charge in [-0.1, -0.05) is 12.1 Å². The fraction of sp³-hybridized carbons (Fsp3) is 0.400. The van der Waals surface area contributed by atoms with Gasteiger partial charge < -0.3 is 10.3 Å². The average Bonchev–Trinajstić information content (AvgIpc) is 2.95. The van der Waals surface area contributed by atoms with Gasteiger partial charge in [-0.2, -0.15) is 0 Å². The van der Waals surface area contributed by atoms with Crippen molar-refractivity contribution in [2.75, 3.05) is 6.54 Å². The van der Waals surface area contributed by atoms with Gasteiger partial charge in [0.05, 0.1) is 5.69 Å². The minimum Gasteiger partial charge on any atom is -0.330 e. The summed E-state index contributed by atoms with van der Waals surface area (Å²) in [5, 5.41) is 0. The Balaban J connectivity index is 2.07. The largest absolute Gasteiger partial charge is 0.330 e. The van der Waals surface area contributed by atoms with Crippen LogP contribution in [0, 0.1) is 0 Å². The highest BCUT2D eigenvalue weighted by molar-refractivity contribution is 9.10. The van der Waals surface area contributed by atoms with E-state index in [0.717, 1.165) is 22.5 Å². The maximum atomic E-state index is 5.63. The quantitative estimate of drug-likeness (QED) is 0.945. The number of hydrogen-bond donors (Lipinski definition) is 1. The van der Waals surface area contributed by atoms with Crippen LogP contribution in [-0.4, -0.2) is 16.1 Å². The van der Waals surface area contributed by atoms with Gasteiger partial charge in [0.2, 0.25) is 0 Å². The Hall–Kier alpha value is -1.13. The highest BCUT2D eigenvalue weighted by atomic mass is 79.9. The van der Waals surface area contributed by atoms with E-state index in [1.807, 2.05) is 0 Å². The van der Waals surface area contributed by atoms with Crippen molar-refractivity contribution in [3.63, 3.8) is 0 Å². The normalized spacial score (nSPS) is 13.8. The van der Waals surface area contributed by atoms with Crippen molar-refractivity contribution < 1.29 is 0 Å². The van der Waals surface area contributed by atoms with Crippen molar-refractivity contribution in [1.29, 1.82) is 0 Å². The van der Waals surface area contributed by atoms with Crippen LogP contribution in [0.25, 0.3) is 11.3 Å². The Morgan fingerprint density at radius 3 is 2.89 bits per heavy atom. The topological polar surface area (TPSA) is 43.8 Å². The number of nitrogens with two attached hydrogens (primary N) is 1. The van der Waals surface area contributed by atoms with Crippen LogP contribution in [0.2, 0.25) is 0 Å². The van der Waals surface area contributed by atoms with Crippen molar-refractivity contribution >= 4 is 15.9 Å². The predicted molar refractivity (Wildman–Crippen MR) is 81.1 cm³/mol. The van der Waals surface area contributed by atoms with Crippen molar-refractivity contribution in [2.45, 2.75) is 25.7 Å². The molecule has 0 fully saturated rings. The zero-order chi connectivity index (χ0) is 13.4. The molecule has 3 nitrogen and oxygen atoms in total. The van der Waals surface area contributed by atoms with Crippen LogP contribution in [0.4, 0.5) is 0 Å². The zero-order valence-corrected chi connectivity index (χ0v) is 12.7. The monoisotopic (exact) mass is 319 g/mol. The van der Waals surface area contributed by atoms with Crippen LogP contribution in [0.3, 0.4) is 0 Å². The molecular weight excluding hydrogens is 302 g/mol. The summed E-state index contributed by atoms with van der Waals surface area (Å²) in [6.45, 7) is 0.626. The molecule has 3 rings (SSSR count). The Bertz CT molecular complexity index is 616. The van der Waals surface area contributed by atoms with Gasteiger partial charge in [-0.15, -0.1) is 0 Å². The molecule has 0 bridgehead atoms. The second-order valence-electron chi connectivity index (χ2n) is 5.10. The van der Waals surface area contributed by atoms with Crippen LogP contribution >= 0.6 is 15.9 Å². The van der Waals surface area contributed by atoms with Gasteiger partial charge in [0.1, 0.15) is 10.4 Å². The van der Waals surface area contributed by atoms with E-state index in [4.69, 9.17) is 5.73 Å². The van der Waals surface area contributed by atoms with Crippen molar-refractivity contribution in [3.05, 3.63) is 39.8 Å². The lowest BCUT2D eigenvalue weighted by Crippen LogP contribution is -2.08. The second kappa shape index (κ2) is 5.10. The molecule has 1 heterocycles. The molecule has 0 unspecified atom stereocenters. The molecule has 2 N–H and O–H groups in total. The average molecular weight is 320 g/mol. The molecule has 1 aliphatic rings. The van der Waals surface area contributed by atoms with Gasteiger partial charge >= 0.3 is 0 Å². The summed E-state index contributed by atoms with van der Waals surface area (Å²) >= 11 is 3.58. The van der Waals surface area contributed by atoms with Gasteiger partial charge in [0, 0.05) is 19.0 Å². The van der Waals surface area contributed by atoms with E-state index in [2.05, 4.69) is 50.7 Å². The Kier molecular flexibility index (Phi) is 3.46. The lowest BCUT2D eigenvalue weighted by Gasteiger charge is -2.08. The van der Waals surface area contributed by atoms with Gasteiger partial charge in [-0.05, 0) is 58.9 Å². The van der Waals surface area contributed by atoms with Crippen LogP contribution in [-0.2, 0) is 26.3 Å². The van der Waals surface area contributed by atoms with Gasteiger partial charge in [-0.3, -0.25) is 0 Å². The van der Waals surface area contributed by atoms with Crippen molar-refractivity contribution in [3.8, 4) is 11.3 Å². The van der Waals surface area contributed by atoms with Gasteiger partial charge in [0.25, 0.3) is 0 Å². The van der Waals surface area contributed by atoms with Crippen molar-refractivity contribution in [2.24, 2.45) is 12.8 Å². The Labute approximate surface area is 122 Å². The third-order valence-electron chi connectivity index (χ3n) is 3.89. The second-order valence-corrected chi connectivity index (χ2v) is 5.85. The molecular formula is C15H18BrN3. The standard InChI is InChI=1S/C15H18BrN3/c1-19-13(7-8-17)18-15(16)14(19)12-6-5-10-3-2-4-11(10)9-12/h5-6,9H,2-4,7-8,17H2,1H3. The molecule has 100 valence electrons. The van der Waals surface area contributed by atoms with Crippen molar-refractivity contribution in [1.82, 2.24) is 9.55 Å². The third-order valence-corrected chi connectivity index (χ3v) is 4.44. The molecule has 19 heavy (non-hydrogen) atoms. The summed E-state index contributed by atoms with van der Waals surface area (Å²) in [6, 6.07) is 6.79. The van der Waals surface area contributed by atoms with E-state index in [-0.39, 0.29) is 0 Å². The summed E-state index contributed by atoms with van der Waals surface area (Å²) in [4.78, 5) is 4.57. The van der Waals surface area contributed by atoms with Crippen LogP contribution in [0.15, 0.2) is 22.8 Å². The van der Waals surface area contributed by atoms with E-state index < -0.39 is 0 Å². The molecule has 0 spiro atoms. The van der Waals surface area contributed by atoms with Crippen LogP contribution in [0.1, 0.15) is 23.4 Å². The number of hydrogen-bond acceptors (Lipinski definition) is 2. The molecule has 0 saturated heterocycles. The summed E-state index contributed by atoms with van der Waals surface area (Å²) in [5.74, 6) is 1.03. The molecule has 0 atom stereocenters. The van der Waals surface area contributed by atoms with Crippen LogP contribution in [0.5, 0.6) is 0 Å². The molecule has 4 heteroatoms. The first-order valence-corrected chi connectivity index (χ1v) is 7.53. The highest BCUT2D eigenvalue weighted by Gasteiger charge is 2.17. The van der Waals surface area contributed by atoms with Crippen LogP contribution < -0.4 is 5.73 Å². The number of aromatic nitrogens is 2. The first-order chi connectivity index (χ1) is 9.20. The van der Waals surface area contributed by atoms with Gasteiger partial charge in [0.15, 0.2) is 0 Å². The zero-order valence-electron chi connectivity index (χ0n) is 11.1. The molecule has 1 aromatic heterocycles. The fourth-order valence-corrected chi connectivity index (χ4v) is 3.59. The maximum absolute atomic E-state index is 5.63. The Morgan fingerprint density at radius 1 is 1.32 bits per heavy atom. The number of halogens is 1. The predicted octanol–water partition coefficient (Wildman–Crippen LogP) is 2.84. The number of imidazole rings is 1. The summed E-state index contributed by atoms with van der Waals surface area (Å²) in [7, 11) is 2.06. The number of benzene rings is 1. The van der Waals surface area contributed by atoms with E-state index in [1.54, 1.807) is 0 Å². The SMILES string of the molecule is Cn1c(CCN)nc(Br)c1-c1ccc2c(c1)CCC2. The molecule has 2 aromatic rings. The molecule has 1 aromatic carbocycles. The first-order valence-electron chi connectivity index (χ1n) is 6.74. The highest BCUT2D eigenvalue weighted by Crippen LogP contribution is 2.32. The van der Waals surface area contributed by atoms with E-state index >= 15 is 0 Å². The molecule has 0 aliphatic heterocycles.